The van der Waals surface area contributed by atoms with Gasteiger partial charge in [0.25, 0.3) is 0 Å². The van der Waals surface area contributed by atoms with Crippen LogP contribution >= 0.6 is 23.4 Å². The Morgan fingerprint density at radius 1 is 0.958 bits per heavy atom. The topological polar surface area (TPSA) is 41.5 Å². The Bertz CT molecular complexity index is 899. The van der Waals surface area contributed by atoms with E-state index in [-0.39, 0.29) is 5.75 Å². The first-order chi connectivity index (χ1) is 11.7. The number of hydrogen-bond donors (Lipinski definition) is 2. The van der Waals surface area contributed by atoms with Crippen molar-refractivity contribution in [3.63, 3.8) is 0 Å². The molecule has 4 rings (SSSR count). The van der Waals surface area contributed by atoms with Gasteiger partial charge >= 0.3 is 0 Å². The molecule has 3 aromatic rings. The summed E-state index contributed by atoms with van der Waals surface area (Å²) in [6.07, 6.45) is 0. The number of hydrogen-bond acceptors (Lipinski definition) is 4. The van der Waals surface area contributed by atoms with Crippen molar-refractivity contribution < 1.29 is 9.84 Å². The highest BCUT2D eigenvalue weighted by molar-refractivity contribution is 7.99. The molecule has 3 nitrogen and oxygen atoms in total. The number of rotatable bonds is 3. The van der Waals surface area contributed by atoms with Crippen molar-refractivity contribution in [2.45, 2.75) is 16.4 Å². The molecule has 0 amide bonds. The van der Waals surface area contributed by atoms with Gasteiger partial charge in [-0.05, 0) is 35.9 Å². The van der Waals surface area contributed by atoms with Crippen molar-refractivity contribution in [3.8, 4) is 11.5 Å². The molecule has 0 bridgehead atoms. The van der Waals surface area contributed by atoms with Crippen LogP contribution in [0.1, 0.15) is 5.56 Å². The fourth-order valence-electron chi connectivity index (χ4n) is 2.53. The minimum atomic E-state index is 0.251. The van der Waals surface area contributed by atoms with Crippen LogP contribution in [0.15, 0.2) is 70.5 Å². The summed E-state index contributed by atoms with van der Waals surface area (Å²) in [5, 5.41) is 13.6. The fraction of sp³-hybridized carbons (Fsp3) is 0.0526. The smallest absolute Gasteiger partial charge is 0.139 e. The Balaban J connectivity index is 1.59. The molecule has 0 fully saturated rings. The lowest BCUT2D eigenvalue weighted by Crippen LogP contribution is -2.01. The number of halogens is 1. The van der Waals surface area contributed by atoms with Crippen molar-refractivity contribution in [2.24, 2.45) is 0 Å². The summed E-state index contributed by atoms with van der Waals surface area (Å²) in [6, 6.07) is 19.0. The van der Waals surface area contributed by atoms with Gasteiger partial charge in [-0.2, -0.15) is 0 Å². The van der Waals surface area contributed by atoms with E-state index < -0.39 is 0 Å². The molecule has 24 heavy (non-hydrogen) atoms. The molecule has 1 aliphatic rings. The second-order valence-corrected chi connectivity index (χ2v) is 6.95. The van der Waals surface area contributed by atoms with Gasteiger partial charge in [-0.3, -0.25) is 0 Å². The molecule has 1 heterocycles. The third kappa shape index (κ3) is 3.03. The highest BCUT2D eigenvalue weighted by Gasteiger charge is 2.19. The maximum atomic E-state index is 9.66. The second-order valence-electron chi connectivity index (χ2n) is 5.46. The molecule has 0 aromatic heterocycles. The van der Waals surface area contributed by atoms with Crippen LogP contribution in [0, 0.1) is 0 Å². The molecule has 0 radical (unpaired) electrons. The fourth-order valence-corrected chi connectivity index (χ4v) is 3.77. The van der Waals surface area contributed by atoms with E-state index in [0.717, 1.165) is 26.7 Å². The van der Waals surface area contributed by atoms with E-state index in [1.807, 2.05) is 48.5 Å². The summed E-state index contributed by atoms with van der Waals surface area (Å²) < 4.78 is 5.88. The monoisotopic (exact) mass is 355 g/mol. The van der Waals surface area contributed by atoms with E-state index in [1.165, 1.54) is 0 Å². The molecule has 5 heteroatoms. The van der Waals surface area contributed by atoms with Crippen LogP contribution in [0.2, 0.25) is 5.02 Å². The summed E-state index contributed by atoms with van der Waals surface area (Å²) >= 11 is 7.95. The molecular weight excluding hydrogens is 342 g/mol. The zero-order valence-corrected chi connectivity index (χ0v) is 14.2. The van der Waals surface area contributed by atoms with Crippen molar-refractivity contribution in [1.29, 1.82) is 0 Å². The van der Waals surface area contributed by atoms with Gasteiger partial charge in [0.1, 0.15) is 18.1 Å². The highest BCUT2D eigenvalue weighted by atomic mass is 35.5. The van der Waals surface area contributed by atoms with Gasteiger partial charge in [0, 0.05) is 9.79 Å². The molecule has 3 aromatic carbocycles. The van der Waals surface area contributed by atoms with Crippen LogP contribution < -0.4 is 10.1 Å². The van der Waals surface area contributed by atoms with Crippen molar-refractivity contribution in [3.05, 3.63) is 71.2 Å². The van der Waals surface area contributed by atoms with E-state index in [9.17, 15) is 5.11 Å². The average molecular weight is 356 g/mol. The molecule has 0 aliphatic carbocycles. The molecule has 0 unspecified atom stereocenters. The molecule has 0 spiro atoms. The maximum Gasteiger partial charge on any atom is 0.139 e. The maximum absolute atomic E-state index is 9.66. The molecule has 1 aliphatic heterocycles. The van der Waals surface area contributed by atoms with Gasteiger partial charge in [0.05, 0.1) is 16.4 Å². The Kier molecular flexibility index (Phi) is 4.00. The van der Waals surface area contributed by atoms with E-state index in [2.05, 4.69) is 5.32 Å². The third-order valence-electron chi connectivity index (χ3n) is 3.73. The van der Waals surface area contributed by atoms with E-state index in [4.69, 9.17) is 16.3 Å². The molecule has 0 saturated heterocycles. The van der Waals surface area contributed by atoms with E-state index >= 15 is 0 Å². The zero-order valence-electron chi connectivity index (χ0n) is 12.6. The number of phenolic OH excluding ortho intramolecular Hbond substituents is 1. The number of ether oxygens (including phenoxy) is 1. The number of anilines is 2. The quantitative estimate of drug-likeness (QED) is 0.453. The lowest BCUT2D eigenvalue weighted by atomic mass is 10.2. The van der Waals surface area contributed by atoms with Crippen LogP contribution in [0.25, 0.3) is 0 Å². The zero-order chi connectivity index (χ0) is 16.5. The summed E-state index contributed by atoms with van der Waals surface area (Å²) in [5.41, 5.74) is 2.99. The number of fused-ring (bicyclic) bond motifs is 2. The number of nitrogens with one attached hydrogen (secondary N) is 1. The Morgan fingerprint density at radius 3 is 2.58 bits per heavy atom. The summed E-state index contributed by atoms with van der Waals surface area (Å²) in [6.45, 7) is 0.467. The largest absolute Gasteiger partial charge is 0.508 e. The van der Waals surface area contributed by atoms with Crippen LogP contribution in [0.3, 0.4) is 0 Å². The first-order valence-corrected chi connectivity index (χ1v) is 8.67. The summed E-state index contributed by atoms with van der Waals surface area (Å²) in [7, 11) is 0. The number of benzene rings is 3. The minimum absolute atomic E-state index is 0.251. The summed E-state index contributed by atoms with van der Waals surface area (Å²) in [4.78, 5) is 1.99. The van der Waals surface area contributed by atoms with Crippen LogP contribution in [-0.4, -0.2) is 5.11 Å². The predicted molar refractivity (Wildman–Crippen MR) is 97.7 cm³/mol. The predicted octanol–water partition coefficient (Wildman–Crippen LogP) is 5.83. The average Bonchev–Trinajstić information content (AvgIpc) is 2.59. The minimum Gasteiger partial charge on any atom is -0.508 e. The van der Waals surface area contributed by atoms with Crippen molar-refractivity contribution in [2.75, 3.05) is 5.32 Å². The van der Waals surface area contributed by atoms with E-state index in [1.54, 1.807) is 23.9 Å². The van der Waals surface area contributed by atoms with Crippen LogP contribution in [0.4, 0.5) is 11.4 Å². The Morgan fingerprint density at radius 2 is 1.75 bits per heavy atom. The first kappa shape index (κ1) is 15.2. The van der Waals surface area contributed by atoms with Gasteiger partial charge in [-0.15, -0.1) is 0 Å². The van der Waals surface area contributed by atoms with Gasteiger partial charge in [0.15, 0.2) is 0 Å². The normalized spacial score (nSPS) is 12.0. The second kappa shape index (κ2) is 6.30. The number of aromatic hydroxyl groups is 1. The number of phenols is 1. The van der Waals surface area contributed by atoms with Gasteiger partial charge in [0.2, 0.25) is 0 Å². The Labute approximate surface area is 149 Å². The molecule has 2 N–H and O–H groups in total. The standard InChI is InChI=1S/C19H14ClNO2S/c20-14-9-16-19(24-18-8-13(22)6-7-15(18)21-16)10-17(14)23-11-12-4-2-1-3-5-12/h1-10,21-22H,11H2. The van der Waals surface area contributed by atoms with Gasteiger partial charge in [-0.1, -0.05) is 53.7 Å². The third-order valence-corrected chi connectivity index (χ3v) is 5.14. The molecule has 0 saturated carbocycles. The van der Waals surface area contributed by atoms with Crippen molar-refractivity contribution in [1.82, 2.24) is 0 Å². The van der Waals surface area contributed by atoms with Gasteiger partial charge in [-0.25, -0.2) is 0 Å². The van der Waals surface area contributed by atoms with Crippen LogP contribution in [0.5, 0.6) is 11.5 Å². The highest BCUT2D eigenvalue weighted by Crippen LogP contribution is 2.48. The molecule has 0 atom stereocenters. The molecule has 120 valence electrons. The molecular formula is C19H14ClNO2S. The first-order valence-electron chi connectivity index (χ1n) is 7.47. The SMILES string of the molecule is Oc1ccc2c(c1)Sc1cc(OCc3ccccc3)c(Cl)cc1N2. The summed E-state index contributed by atoms with van der Waals surface area (Å²) in [5.74, 6) is 0.901. The van der Waals surface area contributed by atoms with Crippen molar-refractivity contribution >= 4 is 34.7 Å². The lowest BCUT2D eigenvalue weighted by Gasteiger charge is -2.22. The lowest BCUT2D eigenvalue weighted by molar-refractivity contribution is 0.306. The van der Waals surface area contributed by atoms with Crippen LogP contribution in [-0.2, 0) is 6.61 Å². The van der Waals surface area contributed by atoms with Gasteiger partial charge < -0.3 is 15.2 Å². The Hall–Kier alpha value is -2.30. The van der Waals surface area contributed by atoms with E-state index in [0.29, 0.717) is 17.4 Å².